The lowest BCUT2D eigenvalue weighted by molar-refractivity contribution is 0.0728. The van der Waals surface area contributed by atoms with E-state index in [0.29, 0.717) is 30.4 Å². The average Bonchev–Trinajstić information content (AvgIpc) is 2.78. The van der Waals surface area contributed by atoms with E-state index in [-0.39, 0.29) is 5.91 Å². The summed E-state index contributed by atoms with van der Waals surface area (Å²) in [5.41, 5.74) is 4.61. The van der Waals surface area contributed by atoms with Crippen LogP contribution < -0.4 is 5.32 Å². The summed E-state index contributed by atoms with van der Waals surface area (Å²) < 4.78 is 0. The SMILES string of the molecule is Cc1nc(Nc2cccc3cccnc23)cc(C(=O)N2CCc3ccccc3C2)n1. The van der Waals surface area contributed by atoms with Crippen molar-refractivity contribution in [3.05, 3.63) is 89.5 Å². The lowest BCUT2D eigenvalue weighted by Gasteiger charge is -2.28. The Bertz CT molecular complexity index is 1250. The van der Waals surface area contributed by atoms with Crippen LogP contribution in [0.15, 0.2) is 66.9 Å². The minimum atomic E-state index is -0.0749. The van der Waals surface area contributed by atoms with Crippen LogP contribution in [0.5, 0.6) is 0 Å². The molecule has 1 N–H and O–H groups in total. The molecule has 0 radical (unpaired) electrons. The van der Waals surface area contributed by atoms with Gasteiger partial charge in [-0.05, 0) is 36.6 Å². The molecule has 0 atom stereocenters. The van der Waals surface area contributed by atoms with E-state index in [1.807, 2.05) is 47.4 Å². The van der Waals surface area contributed by atoms with Gasteiger partial charge in [-0.3, -0.25) is 9.78 Å². The summed E-state index contributed by atoms with van der Waals surface area (Å²) in [5.74, 6) is 1.06. The number of hydrogen-bond acceptors (Lipinski definition) is 5. The highest BCUT2D eigenvalue weighted by Gasteiger charge is 2.23. The van der Waals surface area contributed by atoms with E-state index in [1.54, 1.807) is 19.2 Å². The molecular formula is C24H21N5O. The van der Waals surface area contributed by atoms with Crippen LogP contribution in [0.2, 0.25) is 0 Å². The Morgan fingerprint density at radius 2 is 1.83 bits per heavy atom. The van der Waals surface area contributed by atoms with Crippen molar-refractivity contribution < 1.29 is 4.79 Å². The number of carbonyl (C=O) groups excluding carboxylic acids is 1. The number of anilines is 2. The Kier molecular flexibility index (Phi) is 4.59. The Balaban J connectivity index is 1.43. The lowest BCUT2D eigenvalue weighted by atomic mass is 10.00. The number of rotatable bonds is 3. The van der Waals surface area contributed by atoms with Crippen molar-refractivity contribution in [2.45, 2.75) is 19.9 Å². The largest absolute Gasteiger partial charge is 0.338 e. The molecule has 0 bridgehead atoms. The van der Waals surface area contributed by atoms with Gasteiger partial charge < -0.3 is 10.2 Å². The molecule has 5 rings (SSSR count). The van der Waals surface area contributed by atoms with Crippen molar-refractivity contribution in [3.8, 4) is 0 Å². The number of amides is 1. The first-order chi connectivity index (χ1) is 14.7. The molecule has 0 saturated carbocycles. The third kappa shape index (κ3) is 3.48. The number of carbonyl (C=O) groups is 1. The van der Waals surface area contributed by atoms with Gasteiger partial charge in [0, 0.05) is 30.7 Å². The summed E-state index contributed by atoms with van der Waals surface area (Å²) in [4.78, 5) is 28.4. The first-order valence-corrected chi connectivity index (χ1v) is 10.00. The number of para-hydroxylation sites is 1. The fraction of sp³-hybridized carbons (Fsp3) is 0.167. The van der Waals surface area contributed by atoms with E-state index in [2.05, 4.69) is 32.4 Å². The summed E-state index contributed by atoms with van der Waals surface area (Å²) in [6, 6.07) is 19.9. The Hall–Kier alpha value is -3.80. The average molecular weight is 395 g/mol. The molecule has 1 aliphatic heterocycles. The topological polar surface area (TPSA) is 71.0 Å². The van der Waals surface area contributed by atoms with Crippen molar-refractivity contribution in [1.82, 2.24) is 19.9 Å². The molecule has 148 valence electrons. The standard InChI is InChI=1S/C24H21N5O/c1-16-26-21(24(30)29-13-11-17-6-2-3-7-19(17)15-29)14-22(27-16)28-20-10-4-8-18-9-5-12-25-23(18)20/h2-10,12,14H,11,13,15H2,1H3,(H,26,27,28). The van der Waals surface area contributed by atoms with Crippen LogP contribution in [0.25, 0.3) is 10.9 Å². The van der Waals surface area contributed by atoms with E-state index < -0.39 is 0 Å². The third-order valence-electron chi connectivity index (χ3n) is 5.37. The van der Waals surface area contributed by atoms with E-state index in [1.165, 1.54) is 11.1 Å². The quantitative estimate of drug-likeness (QED) is 0.561. The van der Waals surface area contributed by atoms with Gasteiger partial charge in [-0.2, -0.15) is 0 Å². The number of pyridine rings is 1. The predicted molar refractivity (Wildman–Crippen MR) is 117 cm³/mol. The van der Waals surface area contributed by atoms with Crippen molar-refractivity contribution >= 4 is 28.3 Å². The van der Waals surface area contributed by atoms with Gasteiger partial charge in [0.25, 0.3) is 5.91 Å². The van der Waals surface area contributed by atoms with Gasteiger partial charge >= 0.3 is 0 Å². The molecule has 2 aromatic carbocycles. The first-order valence-electron chi connectivity index (χ1n) is 10.00. The minimum absolute atomic E-state index is 0.0749. The van der Waals surface area contributed by atoms with Crippen molar-refractivity contribution in [2.75, 3.05) is 11.9 Å². The van der Waals surface area contributed by atoms with Crippen LogP contribution >= 0.6 is 0 Å². The molecule has 0 aliphatic carbocycles. The normalized spacial score (nSPS) is 13.2. The van der Waals surface area contributed by atoms with Gasteiger partial charge in [0.2, 0.25) is 0 Å². The van der Waals surface area contributed by atoms with Crippen LogP contribution in [0.4, 0.5) is 11.5 Å². The molecule has 0 saturated heterocycles. The smallest absolute Gasteiger partial charge is 0.272 e. The van der Waals surface area contributed by atoms with Crippen LogP contribution in [-0.4, -0.2) is 32.3 Å². The maximum Gasteiger partial charge on any atom is 0.272 e. The maximum absolute atomic E-state index is 13.2. The fourth-order valence-electron chi connectivity index (χ4n) is 3.92. The number of nitrogens with zero attached hydrogens (tertiary/aromatic N) is 4. The second-order valence-corrected chi connectivity index (χ2v) is 7.44. The summed E-state index contributed by atoms with van der Waals surface area (Å²) in [5, 5.41) is 4.36. The Morgan fingerprint density at radius 3 is 2.73 bits per heavy atom. The molecule has 30 heavy (non-hydrogen) atoms. The predicted octanol–water partition coefficient (Wildman–Crippen LogP) is 4.28. The van der Waals surface area contributed by atoms with Crippen molar-refractivity contribution in [2.24, 2.45) is 0 Å². The van der Waals surface area contributed by atoms with Gasteiger partial charge in [0.05, 0.1) is 11.2 Å². The highest BCUT2D eigenvalue weighted by atomic mass is 16.2. The van der Waals surface area contributed by atoms with E-state index in [0.717, 1.165) is 23.0 Å². The molecule has 0 fully saturated rings. The minimum Gasteiger partial charge on any atom is -0.338 e. The Morgan fingerprint density at radius 1 is 1.00 bits per heavy atom. The van der Waals surface area contributed by atoms with Gasteiger partial charge in [-0.15, -0.1) is 0 Å². The summed E-state index contributed by atoms with van der Waals surface area (Å²) in [6.07, 6.45) is 2.63. The van der Waals surface area contributed by atoms with Crippen LogP contribution in [0.3, 0.4) is 0 Å². The number of aryl methyl sites for hydroxylation is 1. The van der Waals surface area contributed by atoms with E-state index in [4.69, 9.17) is 0 Å². The van der Waals surface area contributed by atoms with Gasteiger partial charge in [-0.1, -0.05) is 42.5 Å². The van der Waals surface area contributed by atoms with Crippen LogP contribution in [0, 0.1) is 6.92 Å². The zero-order chi connectivity index (χ0) is 20.5. The number of fused-ring (bicyclic) bond motifs is 2. The fourth-order valence-corrected chi connectivity index (χ4v) is 3.92. The second kappa shape index (κ2) is 7.55. The van der Waals surface area contributed by atoms with Crippen molar-refractivity contribution in [3.63, 3.8) is 0 Å². The monoisotopic (exact) mass is 395 g/mol. The molecule has 4 aromatic rings. The molecule has 3 heterocycles. The molecule has 1 amide bonds. The molecule has 1 aliphatic rings. The second-order valence-electron chi connectivity index (χ2n) is 7.44. The third-order valence-corrected chi connectivity index (χ3v) is 5.37. The number of nitrogens with one attached hydrogen (secondary N) is 1. The van der Waals surface area contributed by atoms with Gasteiger partial charge in [0.1, 0.15) is 17.3 Å². The number of aromatic nitrogens is 3. The molecule has 6 nitrogen and oxygen atoms in total. The lowest BCUT2D eigenvalue weighted by Crippen LogP contribution is -2.36. The maximum atomic E-state index is 13.2. The number of hydrogen-bond donors (Lipinski definition) is 1. The van der Waals surface area contributed by atoms with E-state index >= 15 is 0 Å². The Labute approximate surface area is 174 Å². The zero-order valence-electron chi connectivity index (χ0n) is 16.7. The van der Waals surface area contributed by atoms with E-state index in [9.17, 15) is 4.79 Å². The highest BCUT2D eigenvalue weighted by molar-refractivity contribution is 5.94. The highest BCUT2D eigenvalue weighted by Crippen LogP contribution is 2.25. The molecular weight excluding hydrogens is 374 g/mol. The molecule has 2 aromatic heterocycles. The van der Waals surface area contributed by atoms with Crippen LogP contribution in [0.1, 0.15) is 27.4 Å². The van der Waals surface area contributed by atoms with Gasteiger partial charge in [-0.25, -0.2) is 9.97 Å². The molecule has 0 unspecified atom stereocenters. The summed E-state index contributed by atoms with van der Waals surface area (Å²) >= 11 is 0. The molecule has 6 heteroatoms. The summed E-state index contributed by atoms with van der Waals surface area (Å²) in [7, 11) is 0. The van der Waals surface area contributed by atoms with Gasteiger partial charge in [0.15, 0.2) is 0 Å². The number of benzene rings is 2. The zero-order valence-corrected chi connectivity index (χ0v) is 16.7. The molecule has 0 spiro atoms. The summed E-state index contributed by atoms with van der Waals surface area (Å²) in [6.45, 7) is 3.10. The van der Waals surface area contributed by atoms with Crippen molar-refractivity contribution in [1.29, 1.82) is 0 Å². The van der Waals surface area contributed by atoms with Crippen LogP contribution in [-0.2, 0) is 13.0 Å². The first kappa shape index (κ1) is 18.2.